The van der Waals surface area contributed by atoms with E-state index in [0.29, 0.717) is 43.5 Å². The van der Waals surface area contributed by atoms with Gasteiger partial charge >= 0.3 is 6.18 Å². The van der Waals surface area contributed by atoms with Crippen molar-refractivity contribution in [3.63, 3.8) is 0 Å². The lowest BCUT2D eigenvalue weighted by molar-refractivity contribution is -0.137. The summed E-state index contributed by atoms with van der Waals surface area (Å²) in [5.41, 5.74) is 0.175. The summed E-state index contributed by atoms with van der Waals surface area (Å²) < 4.78 is 51.8. The number of hydrogen-bond donors (Lipinski definition) is 1. The summed E-state index contributed by atoms with van der Waals surface area (Å²) in [6, 6.07) is 13.9. The van der Waals surface area contributed by atoms with Crippen LogP contribution >= 0.6 is 11.6 Å². The molecule has 1 aromatic heterocycles. The molecule has 2 aliphatic rings. The fraction of sp³-hybridized carbons (Fsp3) is 0.393. The first kappa shape index (κ1) is 26.6. The van der Waals surface area contributed by atoms with Crippen molar-refractivity contribution in [3.8, 4) is 17.1 Å². The first-order chi connectivity index (χ1) is 18.3. The van der Waals surface area contributed by atoms with Crippen molar-refractivity contribution in [2.45, 2.75) is 31.7 Å². The van der Waals surface area contributed by atoms with Crippen molar-refractivity contribution >= 4 is 17.5 Å². The quantitative estimate of drug-likeness (QED) is 0.428. The number of furan rings is 1. The number of ether oxygens (including phenoxy) is 1. The van der Waals surface area contributed by atoms with Crippen LogP contribution in [0.25, 0.3) is 11.3 Å². The molecule has 3 aromatic rings. The Morgan fingerprint density at radius 3 is 2.47 bits per heavy atom. The summed E-state index contributed by atoms with van der Waals surface area (Å²) in [5.74, 6) is 0.419. The van der Waals surface area contributed by atoms with Gasteiger partial charge < -0.3 is 19.4 Å². The van der Waals surface area contributed by atoms with Gasteiger partial charge in [-0.1, -0.05) is 35.9 Å². The van der Waals surface area contributed by atoms with Crippen LogP contribution in [0.3, 0.4) is 0 Å². The zero-order chi connectivity index (χ0) is 26.7. The fourth-order valence-corrected chi connectivity index (χ4v) is 5.14. The minimum absolute atomic E-state index is 0.0179. The normalized spacial score (nSPS) is 17.5. The van der Waals surface area contributed by atoms with Gasteiger partial charge in [0.2, 0.25) is 0 Å². The first-order valence-electron chi connectivity index (χ1n) is 12.7. The maximum atomic E-state index is 13.4. The standard InChI is InChI=1S/C28H29ClF3N3O3/c29-23-17-19(5-6-25(23)37-20-9-11-33-12-10-20)18-34-13-15-35(16-14-34)27(36)26-8-7-24(38-26)21-3-1-2-4-22(21)28(30,31)32/h1-8,17,20,33H,9-16,18H2. The molecule has 202 valence electrons. The Labute approximate surface area is 224 Å². The van der Waals surface area contributed by atoms with Gasteiger partial charge in [-0.2, -0.15) is 13.2 Å². The Hall–Kier alpha value is -3.01. The number of nitrogens with zero attached hydrogens (tertiary/aromatic N) is 2. The largest absolute Gasteiger partial charge is 0.489 e. The highest BCUT2D eigenvalue weighted by molar-refractivity contribution is 6.32. The molecule has 2 saturated heterocycles. The Bertz CT molecular complexity index is 1270. The number of halogens is 4. The summed E-state index contributed by atoms with van der Waals surface area (Å²) in [4.78, 5) is 16.9. The Morgan fingerprint density at radius 1 is 1.03 bits per heavy atom. The second kappa shape index (κ2) is 11.4. The van der Waals surface area contributed by atoms with Crippen LogP contribution in [0.2, 0.25) is 5.02 Å². The van der Waals surface area contributed by atoms with E-state index in [0.717, 1.165) is 37.6 Å². The second-order valence-electron chi connectivity index (χ2n) is 9.61. The molecule has 2 aliphatic heterocycles. The van der Waals surface area contributed by atoms with Crippen LogP contribution in [0.1, 0.15) is 34.5 Å². The van der Waals surface area contributed by atoms with E-state index in [1.165, 1.54) is 30.3 Å². The van der Waals surface area contributed by atoms with Gasteiger partial charge in [-0.05, 0) is 61.8 Å². The van der Waals surface area contributed by atoms with Gasteiger partial charge in [0.1, 0.15) is 17.6 Å². The predicted molar refractivity (Wildman–Crippen MR) is 138 cm³/mol. The lowest BCUT2D eigenvalue weighted by Gasteiger charge is -2.34. The number of rotatable bonds is 6. The van der Waals surface area contributed by atoms with Crippen LogP contribution in [0.15, 0.2) is 59.0 Å². The molecule has 0 unspecified atom stereocenters. The van der Waals surface area contributed by atoms with Gasteiger partial charge in [0.25, 0.3) is 5.91 Å². The molecule has 5 rings (SSSR count). The topological polar surface area (TPSA) is 58.0 Å². The van der Waals surface area contributed by atoms with Crippen molar-refractivity contribution in [2.75, 3.05) is 39.3 Å². The molecule has 38 heavy (non-hydrogen) atoms. The van der Waals surface area contributed by atoms with Crippen LogP contribution in [-0.4, -0.2) is 61.1 Å². The average molecular weight is 548 g/mol. The number of piperazine rings is 1. The van der Waals surface area contributed by atoms with E-state index in [4.69, 9.17) is 20.8 Å². The van der Waals surface area contributed by atoms with Gasteiger partial charge in [0.15, 0.2) is 5.76 Å². The molecule has 0 atom stereocenters. The van der Waals surface area contributed by atoms with Crippen molar-refractivity contribution in [1.29, 1.82) is 0 Å². The minimum atomic E-state index is -4.52. The average Bonchev–Trinajstić information content (AvgIpc) is 3.41. The third kappa shape index (κ3) is 6.17. The molecule has 0 saturated carbocycles. The summed E-state index contributed by atoms with van der Waals surface area (Å²) in [6.45, 7) is 4.86. The zero-order valence-corrected chi connectivity index (χ0v) is 21.5. The second-order valence-corrected chi connectivity index (χ2v) is 10.0. The van der Waals surface area contributed by atoms with Gasteiger partial charge in [-0.25, -0.2) is 0 Å². The van der Waals surface area contributed by atoms with Crippen LogP contribution in [0, 0.1) is 0 Å². The SMILES string of the molecule is O=C(c1ccc(-c2ccccc2C(F)(F)F)o1)N1CCN(Cc2ccc(OC3CCNCC3)c(Cl)c2)CC1. The first-order valence-corrected chi connectivity index (χ1v) is 13.1. The molecule has 0 spiro atoms. The summed E-state index contributed by atoms with van der Waals surface area (Å²) in [7, 11) is 0. The van der Waals surface area contributed by atoms with Gasteiger partial charge in [0, 0.05) is 38.3 Å². The van der Waals surface area contributed by atoms with E-state index in [1.807, 2.05) is 18.2 Å². The van der Waals surface area contributed by atoms with Crippen molar-refractivity contribution in [2.24, 2.45) is 0 Å². The summed E-state index contributed by atoms with van der Waals surface area (Å²) >= 11 is 6.49. The molecular weight excluding hydrogens is 519 g/mol. The maximum absolute atomic E-state index is 13.4. The number of amides is 1. The molecule has 3 heterocycles. The third-order valence-corrected chi connectivity index (χ3v) is 7.25. The smallest absolute Gasteiger partial charge is 0.417 e. The highest BCUT2D eigenvalue weighted by Crippen LogP contribution is 2.37. The van der Waals surface area contributed by atoms with Crippen LogP contribution in [0.4, 0.5) is 13.2 Å². The van der Waals surface area contributed by atoms with Gasteiger partial charge in [-0.3, -0.25) is 9.69 Å². The van der Waals surface area contributed by atoms with Crippen LogP contribution in [0.5, 0.6) is 5.75 Å². The summed E-state index contributed by atoms with van der Waals surface area (Å²) in [6.07, 6.45) is -2.42. The molecule has 10 heteroatoms. The van der Waals surface area contributed by atoms with E-state index in [9.17, 15) is 18.0 Å². The number of benzene rings is 2. The van der Waals surface area contributed by atoms with Crippen LogP contribution in [-0.2, 0) is 12.7 Å². The molecule has 0 bridgehead atoms. The number of alkyl halides is 3. The fourth-order valence-electron chi connectivity index (χ4n) is 4.90. The van der Waals surface area contributed by atoms with Gasteiger partial charge in [0.05, 0.1) is 10.6 Å². The van der Waals surface area contributed by atoms with Crippen LogP contribution < -0.4 is 10.1 Å². The molecule has 2 aromatic carbocycles. The number of carbonyl (C=O) groups excluding carboxylic acids is 1. The predicted octanol–water partition coefficient (Wildman–Crippen LogP) is 5.71. The van der Waals surface area contributed by atoms with Crippen molar-refractivity contribution in [1.82, 2.24) is 15.1 Å². The Balaban J connectivity index is 1.16. The molecule has 2 fully saturated rings. The highest BCUT2D eigenvalue weighted by Gasteiger charge is 2.34. The summed E-state index contributed by atoms with van der Waals surface area (Å²) in [5, 5.41) is 3.91. The van der Waals surface area contributed by atoms with E-state index < -0.39 is 11.7 Å². The Morgan fingerprint density at radius 2 is 1.76 bits per heavy atom. The number of nitrogens with one attached hydrogen (secondary N) is 1. The third-order valence-electron chi connectivity index (χ3n) is 6.96. The number of carbonyl (C=O) groups is 1. The molecule has 0 aliphatic carbocycles. The van der Waals surface area contributed by atoms with Gasteiger partial charge in [-0.15, -0.1) is 0 Å². The van der Waals surface area contributed by atoms with Crippen molar-refractivity contribution in [3.05, 3.63) is 76.5 Å². The van der Waals surface area contributed by atoms with Crippen molar-refractivity contribution < 1.29 is 27.1 Å². The maximum Gasteiger partial charge on any atom is 0.417 e. The molecular formula is C28H29ClF3N3O3. The number of piperidine rings is 1. The monoisotopic (exact) mass is 547 g/mol. The lowest BCUT2D eigenvalue weighted by Crippen LogP contribution is -2.48. The Kier molecular flexibility index (Phi) is 7.97. The molecule has 1 amide bonds. The molecule has 1 N–H and O–H groups in total. The number of hydrogen-bond acceptors (Lipinski definition) is 5. The minimum Gasteiger partial charge on any atom is -0.489 e. The lowest BCUT2D eigenvalue weighted by atomic mass is 10.1. The molecule has 6 nitrogen and oxygen atoms in total. The van der Waals surface area contributed by atoms with E-state index >= 15 is 0 Å². The van der Waals surface area contributed by atoms with E-state index in [2.05, 4.69) is 10.2 Å². The highest BCUT2D eigenvalue weighted by atomic mass is 35.5. The zero-order valence-electron chi connectivity index (χ0n) is 20.8. The van der Waals surface area contributed by atoms with E-state index in [-0.39, 0.29) is 29.1 Å². The van der Waals surface area contributed by atoms with E-state index in [1.54, 1.807) is 4.90 Å². The molecule has 0 radical (unpaired) electrons.